The molecule has 2 saturated carbocycles. The summed E-state index contributed by atoms with van der Waals surface area (Å²) in [5.74, 6) is 1.82. The Bertz CT molecular complexity index is 434. The second-order valence-electron chi connectivity index (χ2n) is 5.75. The monoisotopic (exact) mass is 275 g/mol. The molecule has 3 nitrogen and oxygen atoms in total. The zero-order chi connectivity index (χ0) is 13.1. The summed E-state index contributed by atoms with van der Waals surface area (Å²) in [4.78, 5) is 4.31. The van der Waals surface area contributed by atoms with Crippen molar-refractivity contribution in [2.75, 3.05) is 6.54 Å². The molecule has 102 valence electrons. The molecule has 1 aromatic rings. The lowest BCUT2D eigenvalue weighted by molar-refractivity contribution is 0.389. The molecule has 2 aliphatic carbocycles. The highest BCUT2D eigenvalue weighted by atomic mass is 32.1. The van der Waals surface area contributed by atoms with Crippen molar-refractivity contribution in [3.05, 3.63) is 30.1 Å². The van der Waals surface area contributed by atoms with Gasteiger partial charge in [-0.1, -0.05) is 12.5 Å². The third-order valence-corrected chi connectivity index (χ3v) is 4.71. The van der Waals surface area contributed by atoms with Crippen molar-refractivity contribution in [3.8, 4) is 0 Å². The van der Waals surface area contributed by atoms with Crippen LogP contribution in [0.25, 0.3) is 0 Å². The van der Waals surface area contributed by atoms with Gasteiger partial charge in [0, 0.05) is 30.9 Å². The topological polar surface area (TPSA) is 37.0 Å². The van der Waals surface area contributed by atoms with Crippen molar-refractivity contribution in [1.29, 1.82) is 0 Å². The molecule has 1 heterocycles. The van der Waals surface area contributed by atoms with E-state index in [1.54, 1.807) is 0 Å². The average molecular weight is 275 g/mol. The average Bonchev–Trinajstić information content (AvgIpc) is 3.02. The molecule has 2 aliphatic rings. The Morgan fingerprint density at radius 2 is 2.26 bits per heavy atom. The van der Waals surface area contributed by atoms with Gasteiger partial charge in [-0.15, -0.1) is 0 Å². The van der Waals surface area contributed by atoms with Crippen molar-refractivity contribution in [3.63, 3.8) is 0 Å². The van der Waals surface area contributed by atoms with Gasteiger partial charge < -0.3 is 10.6 Å². The van der Waals surface area contributed by atoms with Gasteiger partial charge in [0.1, 0.15) is 0 Å². The molecule has 0 amide bonds. The summed E-state index contributed by atoms with van der Waals surface area (Å²) in [6.45, 7) is 0.851. The number of hydrogen-bond donors (Lipinski definition) is 2. The Morgan fingerprint density at radius 1 is 1.32 bits per heavy atom. The molecular formula is C15H21N3S. The number of aromatic nitrogens is 1. The lowest BCUT2D eigenvalue weighted by Crippen LogP contribution is -2.44. The molecule has 2 bridgehead atoms. The SMILES string of the molecule is S=C(NCCc1ccccn1)N[C@@H]1C[C@@H]2CC[C@@H]1C2. The van der Waals surface area contributed by atoms with E-state index < -0.39 is 0 Å². The predicted octanol–water partition coefficient (Wildman–Crippen LogP) is 2.28. The molecule has 0 aliphatic heterocycles. The second kappa shape index (κ2) is 5.87. The summed E-state index contributed by atoms with van der Waals surface area (Å²) >= 11 is 5.38. The first-order valence-electron chi connectivity index (χ1n) is 7.25. The third kappa shape index (κ3) is 3.24. The van der Waals surface area contributed by atoms with Gasteiger partial charge in [0.15, 0.2) is 5.11 Å². The molecule has 3 atom stereocenters. The summed E-state index contributed by atoms with van der Waals surface area (Å²) < 4.78 is 0. The van der Waals surface area contributed by atoms with Crippen LogP contribution < -0.4 is 10.6 Å². The Kier molecular flexibility index (Phi) is 3.97. The van der Waals surface area contributed by atoms with Crippen molar-refractivity contribution < 1.29 is 0 Å². The quantitative estimate of drug-likeness (QED) is 0.827. The number of nitrogens with one attached hydrogen (secondary N) is 2. The van der Waals surface area contributed by atoms with Crippen LogP contribution in [-0.2, 0) is 6.42 Å². The number of pyridine rings is 1. The second-order valence-corrected chi connectivity index (χ2v) is 6.16. The van der Waals surface area contributed by atoms with Gasteiger partial charge in [-0.25, -0.2) is 0 Å². The molecule has 2 N–H and O–H groups in total. The lowest BCUT2D eigenvalue weighted by Gasteiger charge is -2.24. The van der Waals surface area contributed by atoms with Crippen LogP contribution in [0.2, 0.25) is 0 Å². The van der Waals surface area contributed by atoms with E-state index in [9.17, 15) is 0 Å². The maximum atomic E-state index is 5.38. The van der Waals surface area contributed by atoms with E-state index in [1.807, 2.05) is 24.4 Å². The first-order chi connectivity index (χ1) is 9.31. The van der Waals surface area contributed by atoms with E-state index in [-0.39, 0.29) is 0 Å². The molecule has 0 saturated heterocycles. The minimum atomic E-state index is 0.619. The lowest BCUT2D eigenvalue weighted by atomic mass is 9.96. The van der Waals surface area contributed by atoms with Crippen LogP contribution in [0.3, 0.4) is 0 Å². The predicted molar refractivity (Wildman–Crippen MR) is 80.9 cm³/mol. The standard InChI is InChI=1S/C15H21N3S/c19-15(17-8-6-13-3-1-2-7-16-13)18-14-10-11-4-5-12(14)9-11/h1-3,7,11-12,14H,4-6,8-10H2,(H2,17,18,19)/t11-,12-,14-/m1/s1. The molecule has 0 radical (unpaired) electrons. The van der Waals surface area contributed by atoms with Crippen molar-refractivity contribution in [2.24, 2.45) is 11.8 Å². The fraction of sp³-hybridized carbons (Fsp3) is 0.600. The molecule has 0 unspecified atom stereocenters. The number of nitrogens with zero attached hydrogens (tertiary/aromatic N) is 1. The van der Waals surface area contributed by atoms with Gasteiger partial charge in [0.25, 0.3) is 0 Å². The van der Waals surface area contributed by atoms with Crippen LogP contribution in [0, 0.1) is 11.8 Å². The molecule has 0 spiro atoms. The maximum Gasteiger partial charge on any atom is 0.166 e. The fourth-order valence-electron chi connectivity index (χ4n) is 3.49. The van der Waals surface area contributed by atoms with Gasteiger partial charge in [-0.05, 0) is 55.4 Å². The highest BCUT2D eigenvalue weighted by Crippen LogP contribution is 2.44. The molecular weight excluding hydrogens is 254 g/mol. The Balaban J connectivity index is 1.38. The van der Waals surface area contributed by atoms with Crippen LogP contribution in [0.1, 0.15) is 31.4 Å². The van der Waals surface area contributed by atoms with Crippen LogP contribution in [-0.4, -0.2) is 22.7 Å². The van der Waals surface area contributed by atoms with Crippen LogP contribution in [0.5, 0.6) is 0 Å². The fourth-order valence-corrected chi connectivity index (χ4v) is 3.74. The number of thiocarbonyl (C=S) groups is 1. The van der Waals surface area contributed by atoms with Crippen LogP contribution >= 0.6 is 12.2 Å². The normalized spacial score (nSPS) is 28.3. The molecule has 2 fully saturated rings. The zero-order valence-corrected chi connectivity index (χ0v) is 12.0. The highest BCUT2D eigenvalue weighted by molar-refractivity contribution is 7.80. The van der Waals surface area contributed by atoms with Crippen molar-refractivity contribution >= 4 is 17.3 Å². The van der Waals surface area contributed by atoms with Crippen LogP contribution in [0.15, 0.2) is 24.4 Å². The first kappa shape index (κ1) is 12.9. The Hall–Kier alpha value is -1.16. The maximum absolute atomic E-state index is 5.38. The van der Waals surface area contributed by atoms with Crippen LogP contribution in [0.4, 0.5) is 0 Å². The summed E-state index contributed by atoms with van der Waals surface area (Å²) in [6, 6.07) is 6.63. The zero-order valence-electron chi connectivity index (χ0n) is 11.1. The summed E-state index contributed by atoms with van der Waals surface area (Å²) in [5, 5.41) is 7.61. The Morgan fingerprint density at radius 3 is 2.95 bits per heavy atom. The first-order valence-corrected chi connectivity index (χ1v) is 7.66. The molecule has 0 aromatic carbocycles. The molecule has 19 heavy (non-hydrogen) atoms. The molecule has 4 heteroatoms. The number of hydrogen-bond acceptors (Lipinski definition) is 2. The highest BCUT2D eigenvalue weighted by Gasteiger charge is 2.39. The van der Waals surface area contributed by atoms with Gasteiger partial charge in [0.05, 0.1) is 0 Å². The molecule has 3 rings (SSSR count). The van der Waals surface area contributed by atoms with Gasteiger partial charge in [-0.3, -0.25) is 4.98 Å². The van der Waals surface area contributed by atoms with E-state index in [4.69, 9.17) is 12.2 Å². The van der Waals surface area contributed by atoms with E-state index in [0.29, 0.717) is 6.04 Å². The van der Waals surface area contributed by atoms with Gasteiger partial charge in [-0.2, -0.15) is 0 Å². The summed E-state index contributed by atoms with van der Waals surface area (Å²) in [5.41, 5.74) is 1.11. The minimum Gasteiger partial charge on any atom is -0.362 e. The van der Waals surface area contributed by atoms with Gasteiger partial charge in [0.2, 0.25) is 0 Å². The van der Waals surface area contributed by atoms with Crippen molar-refractivity contribution in [2.45, 2.75) is 38.1 Å². The van der Waals surface area contributed by atoms with E-state index in [2.05, 4.69) is 15.6 Å². The summed E-state index contributed by atoms with van der Waals surface area (Å²) in [6.07, 6.45) is 8.29. The van der Waals surface area contributed by atoms with E-state index in [1.165, 1.54) is 25.7 Å². The number of rotatable bonds is 4. The molecule has 1 aromatic heterocycles. The Labute approximate surface area is 120 Å². The third-order valence-electron chi connectivity index (χ3n) is 4.45. The summed E-state index contributed by atoms with van der Waals surface area (Å²) in [7, 11) is 0. The minimum absolute atomic E-state index is 0.619. The largest absolute Gasteiger partial charge is 0.362 e. The van der Waals surface area contributed by atoms with E-state index >= 15 is 0 Å². The van der Waals surface area contributed by atoms with Gasteiger partial charge >= 0.3 is 0 Å². The van der Waals surface area contributed by atoms with E-state index in [0.717, 1.165) is 35.6 Å². The smallest absolute Gasteiger partial charge is 0.166 e. The van der Waals surface area contributed by atoms with Crippen molar-refractivity contribution in [1.82, 2.24) is 15.6 Å². The number of fused-ring (bicyclic) bond motifs is 2.